The highest BCUT2D eigenvalue weighted by atomic mass is 16.5. The van der Waals surface area contributed by atoms with E-state index in [1.165, 1.54) is 7.11 Å². The molecule has 126 valence electrons. The number of benzene rings is 1. The zero-order chi connectivity index (χ0) is 16.8. The largest absolute Gasteiger partial charge is 0.494 e. The first kappa shape index (κ1) is 17.3. The summed E-state index contributed by atoms with van der Waals surface area (Å²) in [4.78, 5) is 25.6. The van der Waals surface area contributed by atoms with Crippen LogP contribution in [0.2, 0.25) is 0 Å². The molecule has 1 amide bonds. The molecule has 0 saturated heterocycles. The van der Waals surface area contributed by atoms with Crippen molar-refractivity contribution >= 4 is 11.9 Å². The van der Waals surface area contributed by atoms with E-state index >= 15 is 0 Å². The number of methoxy groups -OCH3 is 1. The summed E-state index contributed by atoms with van der Waals surface area (Å²) in [5, 5.41) is 0. The molecule has 0 fully saturated rings. The third-order valence-corrected chi connectivity index (χ3v) is 4.03. The van der Waals surface area contributed by atoms with Crippen LogP contribution in [0.5, 0.6) is 5.75 Å². The molecule has 2 N–H and O–H groups in total. The van der Waals surface area contributed by atoms with E-state index in [9.17, 15) is 9.59 Å². The van der Waals surface area contributed by atoms with Crippen molar-refractivity contribution in [2.24, 2.45) is 11.7 Å². The molecule has 0 bridgehead atoms. The summed E-state index contributed by atoms with van der Waals surface area (Å²) in [5.41, 5.74) is 7.59. The van der Waals surface area contributed by atoms with Gasteiger partial charge in [0.05, 0.1) is 26.1 Å². The maximum absolute atomic E-state index is 12.4. The van der Waals surface area contributed by atoms with Gasteiger partial charge in [0.25, 0.3) is 0 Å². The molecule has 6 heteroatoms. The summed E-state index contributed by atoms with van der Waals surface area (Å²) in [6.07, 6.45) is 1.45. The molecule has 0 aliphatic carbocycles. The maximum atomic E-state index is 12.4. The van der Waals surface area contributed by atoms with Gasteiger partial charge in [0.2, 0.25) is 5.91 Å². The molecule has 1 aromatic carbocycles. The minimum Gasteiger partial charge on any atom is -0.494 e. The number of rotatable bonds is 6. The molecule has 2 rings (SSSR count). The Morgan fingerprint density at radius 2 is 2.17 bits per heavy atom. The standard InChI is InChI=1S/C17H24N2O4/c1-19-11-14-9-15(23-7-3-6-18)5-4-12(14)8-13(17(19)21)10-16(20)22-2/h4-5,9,13H,3,6-8,10-11,18H2,1-2H3. The van der Waals surface area contributed by atoms with E-state index in [1.54, 1.807) is 11.9 Å². The number of amides is 1. The average Bonchev–Trinajstić information content (AvgIpc) is 2.65. The zero-order valence-electron chi connectivity index (χ0n) is 13.7. The molecule has 0 saturated carbocycles. The second-order valence-corrected chi connectivity index (χ2v) is 5.80. The van der Waals surface area contributed by atoms with Crippen molar-refractivity contribution in [2.45, 2.75) is 25.8 Å². The Morgan fingerprint density at radius 3 is 2.87 bits per heavy atom. The van der Waals surface area contributed by atoms with Crippen molar-refractivity contribution in [2.75, 3.05) is 27.3 Å². The number of carbonyl (C=O) groups is 2. The van der Waals surface area contributed by atoms with E-state index in [1.807, 2.05) is 18.2 Å². The lowest BCUT2D eigenvalue weighted by Gasteiger charge is -2.19. The highest BCUT2D eigenvalue weighted by molar-refractivity contribution is 5.84. The van der Waals surface area contributed by atoms with E-state index in [4.69, 9.17) is 15.2 Å². The summed E-state index contributed by atoms with van der Waals surface area (Å²) in [5.74, 6) is 0.0151. The zero-order valence-corrected chi connectivity index (χ0v) is 13.7. The monoisotopic (exact) mass is 320 g/mol. The van der Waals surface area contributed by atoms with Crippen molar-refractivity contribution < 1.29 is 19.1 Å². The fourth-order valence-corrected chi connectivity index (χ4v) is 2.75. The van der Waals surface area contributed by atoms with Gasteiger partial charge in [-0.3, -0.25) is 9.59 Å². The van der Waals surface area contributed by atoms with Crippen LogP contribution in [0.15, 0.2) is 18.2 Å². The molecule has 23 heavy (non-hydrogen) atoms. The topological polar surface area (TPSA) is 81.9 Å². The van der Waals surface area contributed by atoms with Crippen LogP contribution in [0, 0.1) is 5.92 Å². The Bertz CT molecular complexity index is 574. The lowest BCUT2D eigenvalue weighted by atomic mass is 9.94. The fraction of sp³-hybridized carbons (Fsp3) is 0.529. The molecule has 1 heterocycles. The summed E-state index contributed by atoms with van der Waals surface area (Å²) in [6.45, 7) is 1.69. The molecule has 1 aromatic rings. The third kappa shape index (κ3) is 4.45. The predicted molar refractivity (Wildman–Crippen MR) is 85.9 cm³/mol. The van der Waals surface area contributed by atoms with Gasteiger partial charge in [-0.1, -0.05) is 6.07 Å². The predicted octanol–water partition coefficient (Wildman–Crippen LogP) is 1.11. The molecule has 0 spiro atoms. The molecular formula is C17H24N2O4. The lowest BCUT2D eigenvalue weighted by Crippen LogP contribution is -2.32. The minimum absolute atomic E-state index is 0.0304. The Kier molecular flexibility index (Phi) is 5.98. The Labute approximate surface area is 136 Å². The number of nitrogens with two attached hydrogens (primary N) is 1. The van der Waals surface area contributed by atoms with Crippen LogP contribution in [0.25, 0.3) is 0 Å². The molecule has 0 aromatic heterocycles. The molecule has 0 radical (unpaired) electrons. The smallest absolute Gasteiger partial charge is 0.306 e. The fourth-order valence-electron chi connectivity index (χ4n) is 2.75. The molecule has 1 aliphatic heterocycles. The quantitative estimate of drug-likeness (QED) is 0.627. The van der Waals surface area contributed by atoms with Crippen LogP contribution in [0.4, 0.5) is 0 Å². The van der Waals surface area contributed by atoms with Gasteiger partial charge < -0.3 is 20.1 Å². The summed E-state index contributed by atoms with van der Waals surface area (Å²) in [6, 6.07) is 5.85. The van der Waals surface area contributed by atoms with Gasteiger partial charge in [0.15, 0.2) is 0 Å². The van der Waals surface area contributed by atoms with E-state index in [0.29, 0.717) is 26.1 Å². The van der Waals surface area contributed by atoms with Crippen LogP contribution in [0.3, 0.4) is 0 Å². The molecule has 1 aliphatic rings. The van der Waals surface area contributed by atoms with Gasteiger partial charge >= 0.3 is 5.97 Å². The van der Waals surface area contributed by atoms with E-state index in [2.05, 4.69) is 0 Å². The van der Waals surface area contributed by atoms with Gasteiger partial charge in [0.1, 0.15) is 5.75 Å². The normalized spacial score (nSPS) is 17.4. The van der Waals surface area contributed by atoms with Crippen molar-refractivity contribution in [3.05, 3.63) is 29.3 Å². The van der Waals surface area contributed by atoms with Crippen LogP contribution in [-0.2, 0) is 27.3 Å². The van der Waals surface area contributed by atoms with Gasteiger partial charge in [0, 0.05) is 13.6 Å². The van der Waals surface area contributed by atoms with E-state index in [-0.39, 0.29) is 24.2 Å². The highest BCUT2D eigenvalue weighted by Gasteiger charge is 2.29. The molecule has 1 unspecified atom stereocenters. The molecule has 6 nitrogen and oxygen atoms in total. The number of hydrogen-bond donors (Lipinski definition) is 1. The Balaban J connectivity index is 2.17. The molecule has 1 atom stereocenters. The Morgan fingerprint density at radius 1 is 1.39 bits per heavy atom. The van der Waals surface area contributed by atoms with Crippen molar-refractivity contribution in [3.8, 4) is 5.75 Å². The SMILES string of the molecule is COC(=O)CC1Cc2ccc(OCCCN)cc2CN(C)C1=O. The van der Waals surface area contributed by atoms with Crippen molar-refractivity contribution in [1.82, 2.24) is 4.90 Å². The second-order valence-electron chi connectivity index (χ2n) is 5.80. The molecular weight excluding hydrogens is 296 g/mol. The van der Waals surface area contributed by atoms with Crippen LogP contribution >= 0.6 is 0 Å². The van der Waals surface area contributed by atoms with E-state index < -0.39 is 0 Å². The number of carbonyl (C=O) groups excluding carboxylic acids is 2. The van der Waals surface area contributed by atoms with Crippen molar-refractivity contribution in [1.29, 1.82) is 0 Å². The van der Waals surface area contributed by atoms with Gasteiger partial charge in [-0.2, -0.15) is 0 Å². The maximum Gasteiger partial charge on any atom is 0.306 e. The Hall–Kier alpha value is -2.08. The van der Waals surface area contributed by atoms with Crippen LogP contribution in [0.1, 0.15) is 24.0 Å². The average molecular weight is 320 g/mol. The van der Waals surface area contributed by atoms with E-state index in [0.717, 1.165) is 23.3 Å². The number of hydrogen-bond acceptors (Lipinski definition) is 5. The third-order valence-electron chi connectivity index (χ3n) is 4.03. The first-order valence-corrected chi connectivity index (χ1v) is 7.81. The minimum atomic E-state index is -0.377. The summed E-state index contributed by atoms with van der Waals surface area (Å²) in [7, 11) is 3.09. The van der Waals surface area contributed by atoms with Crippen LogP contribution in [-0.4, -0.2) is 44.1 Å². The lowest BCUT2D eigenvalue weighted by molar-refractivity contribution is -0.146. The van der Waals surface area contributed by atoms with Gasteiger partial charge in [-0.15, -0.1) is 0 Å². The first-order valence-electron chi connectivity index (χ1n) is 7.81. The number of esters is 1. The number of fused-ring (bicyclic) bond motifs is 1. The van der Waals surface area contributed by atoms with Crippen LogP contribution < -0.4 is 10.5 Å². The van der Waals surface area contributed by atoms with Crippen molar-refractivity contribution in [3.63, 3.8) is 0 Å². The first-order chi connectivity index (χ1) is 11.0. The van der Waals surface area contributed by atoms with Gasteiger partial charge in [-0.05, 0) is 42.6 Å². The summed E-state index contributed by atoms with van der Waals surface area (Å²) < 4.78 is 10.4. The van der Waals surface area contributed by atoms with Gasteiger partial charge in [-0.25, -0.2) is 0 Å². The number of ether oxygens (including phenoxy) is 2. The highest BCUT2D eigenvalue weighted by Crippen LogP contribution is 2.27. The summed E-state index contributed by atoms with van der Waals surface area (Å²) >= 11 is 0. The second kappa shape index (κ2) is 7.97. The number of nitrogens with zero attached hydrogens (tertiary/aromatic N) is 1.